The Labute approximate surface area is 82.9 Å². The summed E-state index contributed by atoms with van der Waals surface area (Å²) in [7, 11) is 0. The van der Waals surface area contributed by atoms with Crippen molar-refractivity contribution in [1.29, 1.82) is 5.26 Å². The number of hydrogen-bond acceptors (Lipinski definition) is 2. The predicted octanol–water partition coefficient (Wildman–Crippen LogP) is 1.92. The van der Waals surface area contributed by atoms with E-state index < -0.39 is 17.5 Å². The van der Waals surface area contributed by atoms with Gasteiger partial charge in [0.15, 0.2) is 0 Å². The summed E-state index contributed by atoms with van der Waals surface area (Å²) in [6, 6.07) is 2.54. The van der Waals surface area contributed by atoms with Crippen LogP contribution in [0.2, 0.25) is 0 Å². The Morgan fingerprint density at radius 1 is 1.64 bits per heavy atom. The quantitative estimate of drug-likeness (QED) is 0.771. The Balaban J connectivity index is 3.40. The molecule has 3 nitrogen and oxygen atoms in total. The fraction of sp³-hybridized carbons (Fsp3) is 0.250. The maximum atomic E-state index is 12.2. The van der Waals surface area contributed by atoms with Crippen LogP contribution in [0.4, 0.5) is 8.78 Å². The highest BCUT2D eigenvalue weighted by Crippen LogP contribution is 2.17. The number of aromatic amines is 1. The van der Waals surface area contributed by atoms with Gasteiger partial charge in [-0.3, -0.25) is 4.79 Å². The molecule has 6 heteroatoms. The zero-order valence-electron chi connectivity index (χ0n) is 6.85. The first-order chi connectivity index (χ1) is 6.60. The summed E-state index contributed by atoms with van der Waals surface area (Å²) in [5, 5.41) is 8.57. The molecule has 14 heavy (non-hydrogen) atoms. The van der Waals surface area contributed by atoms with Gasteiger partial charge >= 0.3 is 0 Å². The van der Waals surface area contributed by atoms with Crippen LogP contribution in [-0.4, -0.2) is 4.98 Å². The first-order valence-electron chi connectivity index (χ1n) is 3.60. The van der Waals surface area contributed by atoms with Gasteiger partial charge in [-0.25, -0.2) is 8.78 Å². The molecule has 0 amide bonds. The van der Waals surface area contributed by atoms with E-state index >= 15 is 0 Å². The third-order valence-electron chi connectivity index (χ3n) is 1.64. The molecule has 74 valence electrons. The third-order valence-corrected chi connectivity index (χ3v) is 1.91. The predicted molar refractivity (Wildman–Crippen MR) is 46.3 cm³/mol. The van der Waals surface area contributed by atoms with Gasteiger partial charge in [0.1, 0.15) is 6.07 Å². The highest BCUT2D eigenvalue weighted by atomic mass is 35.5. The molecule has 0 saturated carbocycles. The number of nitriles is 1. The van der Waals surface area contributed by atoms with Crippen molar-refractivity contribution >= 4 is 11.6 Å². The average Bonchev–Trinajstić information content (AvgIpc) is 2.16. The van der Waals surface area contributed by atoms with Gasteiger partial charge in [-0.05, 0) is 6.07 Å². The highest BCUT2D eigenvalue weighted by molar-refractivity contribution is 6.17. The zero-order valence-corrected chi connectivity index (χ0v) is 7.61. The molecule has 1 rings (SSSR count). The minimum absolute atomic E-state index is 0.0325. The van der Waals surface area contributed by atoms with Crippen LogP contribution in [0.25, 0.3) is 0 Å². The summed E-state index contributed by atoms with van der Waals surface area (Å²) in [5.74, 6) is -0.0956. The van der Waals surface area contributed by atoms with E-state index in [4.69, 9.17) is 16.9 Å². The van der Waals surface area contributed by atoms with Gasteiger partial charge in [0.2, 0.25) is 0 Å². The molecule has 0 aliphatic heterocycles. The van der Waals surface area contributed by atoms with Gasteiger partial charge in [0.25, 0.3) is 12.0 Å². The Morgan fingerprint density at radius 3 is 2.71 bits per heavy atom. The van der Waals surface area contributed by atoms with Crippen LogP contribution in [0.5, 0.6) is 0 Å². The molecule has 1 aromatic rings. The van der Waals surface area contributed by atoms with Crippen molar-refractivity contribution < 1.29 is 8.78 Å². The second-order valence-electron chi connectivity index (χ2n) is 2.49. The molecule has 0 atom stereocenters. The van der Waals surface area contributed by atoms with E-state index in [0.717, 1.165) is 6.07 Å². The van der Waals surface area contributed by atoms with Crippen LogP contribution in [0.3, 0.4) is 0 Å². The van der Waals surface area contributed by atoms with Crippen LogP contribution in [0.1, 0.15) is 23.2 Å². The van der Waals surface area contributed by atoms with E-state index in [-0.39, 0.29) is 17.1 Å². The highest BCUT2D eigenvalue weighted by Gasteiger charge is 2.15. The SMILES string of the molecule is N#Cc1cc(C(F)F)c(=O)[nH]c1CCl. The number of aromatic nitrogens is 1. The monoisotopic (exact) mass is 218 g/mol. The van der Waals surface area contributed by atoms with E-state index in [1.54, 1.807) is 6.07 Å². The molecule has 0 radical (unpaired) electrons. The maximum absolute atomic E-state index is 12.2. The average molecular weight is 219 g/mol. The number of H-pyrrole nitrogens is 1. The number of nitrogens with zero attached hydrogens (tertiary/aromatic N) is 1. The first-order valence-corrected chi connectivity index (χ1v) is 4.14. The van der Waals surface area contributed by atoms with Gasteiger partial charge < -0.3 is 4.98 Å². The van der Waals surface area contributed by atoms with Crippen molar-refractivity contribution in [2.45, 2.75) is 12.3 Å². The summed E-state index contributed by atoms with van der Waals surface area (Å²) in [6.45, 7) is 0. The fourth-order valence-electron chi connectivity index (χ4n) is 0.952. The van der Waals surface area contributed by atoms with E-state index in [0.29, 0.717) is 0 Å². The van der Waals surface area contributed by atoms with Crippen molar-refractivity contribution in [3.05, 3.63) is 33.2 Å². The Morgan fingerprint density at radius 2 is 2.29 bits per heavy atom. The largest absolute Gasteiger partial charge is 0.323 e. The minimum Gasteiger partial charge on any atom is -0.323 e. The number of rotatable bonds is 2. The number of alkyl halides is 3. The standard InChI is InChI=1S/C8H5ClF2N2O/c9-2-6-4(3-12)1-5(7(10)11)8(14)13-6/h1,7H,2H2,(H,13,14). The minimum atomic E-state index is -2.89. The molecule has 0 fully saturated rings. The van der Waals surface area contributed by atoms with E-state index in [1.807, 2.05) is 0 Å². The Kier molecular flexibility index (Phi) is 3.20. The lowest BCUT2D eigenvalue weighted by Crippen LogP contribution is -2.15. The van der Waals surface area contributed by atoms with Crippen molar-refractivity contribution in [3.63, 3.8) is 0 Å². The van der Waals surface area contributed by atoms with Gasteiger partial charge in [-0.1, -0.05) is 0 Å². The molecule has 0 aliphatic carbocycles. The topological polar surface area (TPSA) is 56.6 Å². The summed E-state index contributed by atoms with van der Waals surface area (Å²) in [6.07, 6.45) is -2.89. The molecule has 1 heterocycles. The van der Waals surface area contributed by atoms with Crippen molar-refractivity contribution in [2.75, 3.05) is 0 Å². The van der Waals surface area contributed by atoms with Crippen LogP contribution in [0.15, 0.2) is 10.9 Å². The van der Waals surface area contributed by atoms with Crippen LogP contribution < -0.4 is 5.56 Å². The van der Waals surface area contributed by atoms with Gasteiger partial charge in [-0.2, -0.15) is 5.26 Å². The molecule has 0 spiro atoms. The molecule has 0 aromatic carbocycles. The lowest BCUT2D eigenvalue weighted by Gasteiger charge is -2.02. The van der Waals surface area contributed by atoms with Crippen molar-refractivity contribution in [1.82, 2.24) is 4.98 Å². The van der Waals surface area contributed by atoms with Gasteiger partial charge in [0, 0.05) is 0 Å². The van der Waals surface area contributed by atoms with E-state index in [9.17, 15) is 13.6 Å². The third kappa shape index (κ3) is 1.91. The smallest absolute Gasteiger partial charge is 0.269 e. The lowest BCUT2D eigenvalue weighted by atomic mass is 10.1. The number of nitrogens with one attached hydrogen (secondary N) is 1. The Bertz CT molecular complexity index is 436. The first kappa shape index (κ1) is 10.7. The number of pyridine rings is 1. The van der Waals surface area contributed by atoms with Gasteiger partial charge in [-0.15, -0.1) is 11.6 Å². The van der Waals surface area contributed by atoms with Crippen molar-refractivity contribution in [2.24, 2.45) is 0 Å². The molecule has 0 unspecified atom stereocenters. The summed E-state index contributed by atoms with van der Waals surface area (Å²) in [4.78, 5) is 13.1. The number of halogens is 3. The molecule has 0 aliphatic rings. The normalized spacial score (nSPS) is 10.2. The van der Waals surface area contributed by atoms with E-state index in [2.05, 4.69) is 4.98 Å². The van der Waals surface area contributed by atoms with Gasteiger partial charge in [0.05, 0.1) is 22.7 Å². The second-order valence-corrected chi connectivity index (χ2v) is 2.76. The number of hydrogen-bond donors (Lipinski definition) is 1. The second kappa shape index (κ2) is 4.20. The van der Waals surface area contributed by atoms with E-state index in [1.165, 1.54) is 0 Å². The van der Waals surface area contributed by atoms with Crippen molar-refractivity contribution in [3.8, 4) is 6.07 Å². The lowest BCUT2D eigenvalue weighted by molar-refractivity contribution is 0.149. The van der Waals surface area contributed by atoms with Crippen LogP contribution in [0, 0.1) is 11.3 Å². The molecular formula is C8H5ClF2N2O. The molecular weight excluding hydrogens is 214 g/mol. The van der Waals surface area contributed by atoms with Crippen LogP contribution in [-0.2, 0) is 5.88 Å². The maximum Gasteiger partial charge on any atom is 0.269 e. The molecule has 1 N–H and O–H groups in total. The summed E-state index contributed by atoms with van der Waals surface area (Å²) >= 11 is 5.41. The molecule has 0 bridgehead atoms. The summed E-state index contributed by atoms with van der Waals surface area (Å²) in [5.41, 5.74) is -1.50. The Hall–Kier alpha value is -1.41. The molecule has 1 aromatic heterocycles. The van der Waals surface area contributed by atoms with Crippen LogP contribution >= 0.6 is 11.6 Å². The fourth-order valence-corrected chi connectivity index (χ4v) is 1.16. The summed E-state index contributed by atoms with van der Waals surface area (Å²) < 4.78 is 24.4. The zero-order chi connectivity index (χ0) is 10.7. The molecule has 0 saturated heterocycles.